The zero-order chi connectivity index (χ0) is 32.3. The first-order valence-electron chi connectivity index (χ1n) is 15.5. The Morgan fingerprint density at radius 2 is 1.91 bits per heavy atom. The van der Waals surface area contributed by atoms with Gasteiger partial charge in [0.15, 0.2) is 5.82 Å². The van der Waals surface area contributed by atoms with E-state index in [1.807, 2.05) is 28.8 Å². The normalized spacial score (nSPS) is 21.0. The lowest BCUT2D eigenvalue weighted by Gasteiger charge is -2.33. The molecule has 1 aromatic heterocycles. The summed E-state index contributed by atoms with van der Waals surface area (Å²) in [5.41, 5.74) is -0.863. The second-order valence-electron chi connectivity index (χ2n) is 12.3. The number of aromatic nitrogens is 2. The maximum absolute atomic E-state index is 15.9. The Bertz CT molecular complexity index is 1440. The highest BCUT2D eigenvalue weighted by Gasteiger charge is 2.46. The fraction of sp³-hybridized carbons (Fsp3) is 0.531. The van der Waals surface area contributed by atoms with E-state index in [1.54, 1.807) is 18.2 Å². The second-order valence-corrected chi connectivity index (χ2v) is 12.3. The number of hydrogen-bond donors (Lipinski definition) is 2. The monoisotopic (exact) mass is 622 g/mol. The third kappa shape index (κ3) is 6.87. The molecule has 0 spiro atoms. The van der Waals surface area contributed by atoms with Crippen LogP contribution in [0.4, 0.5) is 27.5 Å². The summed E-state index contributed by atoms with van der Waals surface area (Å²) < 4.78 is 21.5. The van der Waals surface area contributed by atoms with Gasteiger partial charge in [0.25, 0.3) is 11.8 Å². The lowest BCUT2D eigenvalue weighted by atomic mass is 10.0. The molecule has 3 aliphatic rings. The Morgan fingerprint density at radius 3 is 2.56 bits per heavy atom. The van der Waals surface area contributed by atoms with E-state index in [2.05, 4.69) is 22.2 Å². The highest BCUT2D eigenvalue weighted by Crippen LogP contribution is 2.40. The Morgan fingerprint density at radius 1 is 1.20 bits per heavy atom. The topological polar surface area (TPSA) is 123 Å². The predicted octanol–water partition coefficient (Wildman–Crippen LogP) is 3.13. The highest BCUT2D eigenvalue weighted by atomic mass is 19.1. The molecule has 1 atom stereocenters. The third-order valence-electron chi connectivity index (χ3n) is 8.88. The fourth-order valence-corrected chi connectivity index (χ4v) is 6.29. The van der Waals surface area contributed by atoms with Crippen LogP contribution in [0.1, 0.15) is 48.9 Å². The first-order chi connectivity index (χ1) is 21.5. The number of piperidine rings is 1. The molecule has 3 amide bonds. The zero-order valence-corrected chi connectivity index (χ0v) is 26.5. The van der Waals surface area contributed by atoms with E-state index in [-0.39, 0.29) is 36.4 Å². The second kappa shape index (κ2) is 13.4. The largest absolute Gasteiger partial charge is 0.495 e. The van der Waals surface area contributed by atoms with Crippen LogP contribution in [-0.4, -0.2) is 110 Å². The van der Waals surface area contributed by atoms with Gasteiger partial charge >= 0.3 is 0 Å². The maximum atomic E-state index is 15.9. The van der Waals surface area contributed by atoms with Gasteiger partial charge in [0.05, 0.1) is 32.1 Å². The number of alkyl halides is 1. The van der Waals surface area contributed by atoms with E-state index in [0.29, 0.717) is 61.0 Å². The van der Waals surface area contributed by atoms with E-state index < -0.39 is 11.6 Å². The Labute approximate surface area is 263 Å². The SMILES string of the molecule is C=C[C@@]1(F)CN(C2CCCC2)c2nc(Nc3ccc(C(=O)NC4CCN(C(=O)CN(C)C)CC4)cc3OC)ncc2N(C)C1=O. The molecule has 45 heavy (non-hydrogen) atoms. The van der Waals surface area contributed by atoms with Crippen LogP contribution in [0.2, 0.25) is 0 Å². The molecule has 242 valence electrons. The number of amides is 3. The van der Waals surface area contributed by atoms with Crippen LogP contribution in [-0.2, 0) is 9.59 Å². The van der Waals surface area contributed by atoms with Gasteiger partial charge in [0, 0.05) is 37.8 Å². The average molecular weight is 623 g/mol. The summed E-state index contributed by atoms with van der Waals surface area (Å²) in [5.74, 6) is 0.294. The van der Waals surface area contributed by atoms with Gasteiger partial charge in [0.1, 0.15) is 11.4 Å². The summed E-state index contributed by atoms with van der Waals surface area (Å²) in [6.07, 6.45) is 7.77. The minimum Gasteiger partial charge on any atom is -0.495 e. The van der Waals surface area contributed by atoms with Gasteiger partial charge in [-0.05, 0) is 64.1 Å². The minimum absolute atomic E-state index is 0.0327. The van der Waals surface area contributed by atoms with Crippen LogP contribution in [0.3, 0.4) is 0 Å². The molecule has 0 bridgehead atoms. The van der Waals surface area contributed by atoms with Crippen LogP contribution in [0.15, 0.2) is 37.1 Å². The number of nitrogens with one attached hydrogen (secondary N) is 2. The van der Waals surface area contributed by atoms with Crippen LogP contribution in [0, 0.1) is 0 Å². The molecule has 0 unspecified atom stereocenters. The number of nitrogens with zero attached hydrogens (tertiary/aromatic N) is 6. The van der Waals surface area contributed by atoms with Gasteiger partial charge < -0.3 is 35.0 Å². The van der Waals surface area contributed by atoms with E-state index in [9.17, 15) is 14.4 Å². The molecule has 2 N–H and O–H groups in total. The van der Waals surface area contributed by atoms with Crippen molar-refractivity contribution in [2.75, 3.05) is 69.5 Å². The van der Waals surface area contributed by atoms with E-state index in [4.69, 9.17) is 9.72 Å². The van der Waals surface area contributed by atoms with E-state index >= 15 is 4.39 Å². The summed E-state index contributed by atoms with van der Waals surface area (Å²) in [6.45, 7) is 5.02. The van der Waals surface area contributed by atoms with Crippen LogP contribution in [0.25, 0.3) is 0 Å². The molecule has 0 radical (unpaired) electrons. The first-order valence-corrected chi connectivity index (χ1v) is 15.5. The summed E-state index contributed by atoms with van der Waals surface area (Å²) in [5, 5.41) is 6.26. The molecular formula is C32H43FN8O4. The first kappa shape index (κ1) is 32.1. The molecule has 1 saturated heterocycles. The minimum atomic E-state index is -2.26. The number of rotatable bonds is 9. The number of ether oxygens (including phenoxy) is 1. The third-order valence-corrected chi connectivity index (χ3v) is 8.88. The fourth-order valence-electron chi connectivity index (χ4n) is 6.29. The van der Waals surface area contributed by atoms with Crippen molar-refractivity contribution < 1.29 is 23.5 Å². The number of carbonyl (C=O) groups excluding carboxylic acids is 3. The molecule has 1 aliphatic carbocycles. The molecular weight excluding hydrogens is 579 g/mol. The van der Waals surface area contributed by atoms with Gasteiger partial charge in [-0.3, -0.25) is 14.4 Å². The lowest BCUT2D eigenvalue weighted by molar-refractivity contribution is -0.132. The van der Waals surface area contributed by atoms with Gasteiger partial charge in [0.2, 0.25) is 17.5 Å². The number of methoxy groups -OCH3 is 1. The van der Waals surface area contributed by atoms with Crippen LogP contribution < -0.4 is 25.2 Å². The number of halogens is 1. The average Bonchev–Trinajstić information content (AvgIpc) is 3.55. The Hall–Kier alpha value is -4.26. The summed E-state index contributed by atoms with van der Waals surface area (Å²) in [7, 11) is 6.77. The number of likely N-dealkylation sites (tertiary alicyclic amines) is 1. The zero-order valence-electron chi connectivity index (χ0n) is 26.5. The number of anilines is 4. The van der Waals surface area contributed by atoms with Crippen molar-refractivity contribution >= 4 is 40.9 Å². The maximum Gasteiger partial charge on any atom is 0.270 e. The molecule has 2 fully saturated rings. The van der Waals surface area contributed by atoms with Gasteiger partial charge in [-0.2, -0.15) is 4.98 Å². The predicted molar refractivity (Wildman–Crippen MR) is 171 cm³/mol. The van der Waals surface area contributed by atoms with Gasteiger partial charge in [-0.1, -0.05) is 19.4 Å². The lowest BCUT2D eigenvalue weighted by Crippen LogP contribution is -2.49. The molecule has 3 heterocycles. The molecule has 5 rings (SSSR count). The molecule has 1 aromatic carbocycles. The van der Waals surface area contributed by atoms with Crippen molar-refractivity contribution in [3.05, 3.63) is 42.6 Å². The van der Waals surface area contributed by atoms with Crippen molar-refractivity contribution in [2.24, 2.45) is 0 Å². The molecule has 1 saturated carbocycles. The molecule has 12 nitrogen and oxygen atoms in total. The van der Waals surface area contributed by atoms with Crippen molar-refractivity contribution in [3.63, 3.8) is 0 Å². The quantitative estimate of drug-likeness (QED) is 0.406. The van der Waals surface area contributed by atoms with Crippen molar-refractivity contribution in [3.8, 4) is 5.75 Å². The smallest absolute Gasteiger partial charge is 0.270 e. The van der Waals surface area contributed by atoms with Crippen molar-refractivity contribution in [2.45, 2.75) is 56.3 Å². The number of carbonyl (C=O) groups is 3. The van der Waals surface area contributed by atoms with E-state index in [0.717, 1.165) is 31.8 Å². The molecule has 13 heteroatoms. The van der Waals surface area contributed by atoms with Crippen molar-refractivity contribution in [1.82, 2.24) is 25.1 Å². The number of hydrogen-bond acceptors (Lipinski definition) is 9. The van der Waals surface area contributed by atoms with Crippen LogP contribution in [0.5, 0.6) is 5.75 Å². The highest BCUT2D eigenvalue weighted by molar-refractivity contribution is 6.04. The number of fused-ring (bicyclic) bond motifs is 1. The summed E-state index contributed by atoms with van der Waals surface area (Å²) >= 11 is 0. The Balaban J connectivity index is 1.31. The number of benzene rings is 1. The summed E-state index contributed by atoms with van der Waals surface area (Å²) in [6, 6.07) is 5.07. The molecule has 2 aromatic rings. The number of likely N-dealkylation sites (N-methyl/N-ethyl adjacent to an activating group) is 1. The standard InChI is InChI=1S/C32H43FN8O4/c1-6-32(33)20-41(23-9-7-8-10-23)28-25(39(4)30(32)44)18-34-31(37-28)36-24-12-11-21(17-26(24)45-5)29(43)35-22-13-15-40(16-14-22)27(42)19-38(2)3/h6,11-12,17-18,22-23H,1,7-10,13-16,19-20H2,2-5H3,(H,35,43)(H,34,36,37)/t32-/m1/s1. The van der Waals surface area contributed by atoms with Crippen LogP contribution >= 0.6 is 0 Å². The van der Waals surface area contributed by atoms with Gasteiger partial charge in [-0.25, -0.2) is 9.37 Å². The van der Waals surface area contributed by atoms with Crippen molar-refractivity contribution in [1.29, 1.82) is 0 Å². The molecule has 2 aliphatic heterocycles. The van der Waals surface area contributed by atoms with E-state index in [1.165, 1.54) is 25.3 Å². The van der Waals surface area contributed by atoms with Gasteiger partial charge in [-0.15, -0.1) is 0 Å². The Kier molecular flexibility index (Phi) is 9.56. The summed E-state index contributed by atoms with van der Waals surface area (Å²) in [4.78, 5) is 54.6.